The number of ether oxygens (including phenoxy) is 1. The summed E-state index contributed by atoms with van der Waals surface area (Å²) in [6, 6.07) is 9.47. The van der Waals surface area contributed by atoms with Crippen molar-refractivity contribution in [2.24, 2.45) is 0 Å². The standard InChI is InChI=1S/C15H11BrFNO4/c1-9(10-3-2-4-12(7-10)18(20)21)22-15(19)13-6-5-11(17)8-14(13)16/h2-9H,1H3. The van der Waals surface area contributed by atoms with E-state index >= 15 is 0 Å². The summed E-state index contributed by atoms with van der Waals surface area (Å²) in [6.45, 7) is 1.61. The van der Waals surface area contributed by atoms with Gasteiger partial charge in [0, 0.05) is 16.6 Å². The molecule has 2 aromatic rings. The van der Waals surface area contributed by atoms with E-state index in [0.717, 1.165) is 12.1 Å². The number of rotatable bonds is 4. The second-order valence-electron chi connectivity index (χ2n) is 4.52. The van der Waals surface area contributed by atoms with Gasteiger partial charge in [-0.25, -0.2) is 9.18 Å². The van der Waals surface area contributed by atoms with E-state index in [2.05, 4.69) is 15.9 Å². The number of benzene rings is 2. The number of halogens is 2. The van der Waals surface area contributed by atoms with Crippen molar-refractivity contribution >= 4 is 27.6 Å². The molecule has 0 aliphatic heterocycles. The van der Waals surface area contributed by atoms with Crippen molar-refractivity contribution in [3.8, 4) is 0 Å². The van der Waals surface area contributed by atoms with E-state index in [-0.39, 0.29) is 15.7 Å². The van der Waals surface area contributed by atoms with Crippen LogP contribution in [0.5, 0.6) is 0 Å². The van der Waals surface area contributed by atoms with Gasteiger partial charge in [0.1, 0.15) is 11.9 Å². The minimum absolute atomic E-state index is 0.0802. The van der Waals surface area contributed by atoms with Gasteiger partial charge in [0.05, 0.1) is 10.5 Å². The van der Waals surface area contributed by atoms with Gasteiger partial charge in [-0.05, 0) is 46.6 Å². The maximum absolute atomic E-state index is 13.0. The smallest absolute Gasteiger partial charge is 0.339 e. The zero-order chi connectivity index (χ0) is 16.3. The number of carbonyl (C=O) groups excluding carboxylic acids is 1. The van der Waals surface area contributed by atoms with Crippen LogP contribution in [0.4, 0.5) is 10.1 Å². The van der Waals surface area contributed by atoms with Gasteiger partial charge in [0.2, 0.25) is 0 Å². The van der Waals surface area contributed by atoms with Gasteiger partial charge in [-0.3, -0.25) is 10.1 Å². The Labute approximate surface area is 134 Å². The number of nitro groups is 1. The summed E-state index contributed by atoms with van der Waals surface area (Å²) < 4.78 is 18.6. The van der Waals surface area contributed by atoms with Crippen molar-refractivity contribution in [3.63, 3.8) is 0 Å². The van der Waals surface area contributed by atoms with Crippen LogP contribution in [0.1, 0.15) is 28.9 Å². The number of nitrogens with zero attached hydrogens (tertiary/aromatic N) is 1. The Kier molecular flexibility index (Phi) is 4.87. The number of hydrogen-bond acceptors (Lipinski definition) is 4. The van der Waals surface area contributed by atoms with Crippen LogP contribution in [-0.2, 0) is 4.74 Å². The van der Waals surface area contributed by atoms with Gasteiger partial charge in [0.15, 0.2) is 0 Å². The number of esters is 1. The molecule has 0 aromatic heterocycles. The minimum Gasteiger partial charge on any atom is -0.454 e. The van der Waals surface area contributed by atoms with Crippen LogP contribution in [0.2, 0.25) is 0 Å². The Morgan fingerprint density at radius 1 is 1.32 bits per heavy atom. The molecule has 22 heavy (non-hydrogen) atoms. The number of non-ortho nitro benzene ring substituents is 1. The molecule has 1 unspecified atom stereocenters. The fourth-order valence-corrected chi connectivity index (χ4v) is 2.35. The second-order valence-corrected chi connectivity index (χ2v) is 5.38. The van der Waals surface area contributed by atoms with Gasteiger partial charge >= 0.3 is 5.97 Å². The maximum Gasteiger partial charge on any atom is 0.339 e. The van der Waals surface area contributed by atoms with Crippen LogP contribution < -0.4 is 0 Å². The molecule has 0 aliphatic carbocycles. The zero-order valence-electron chi connectivity index (χ0n) is 11.5. The third-order valence-electron chi connectivity index (χ3n) is 2.99. The molecule has 0 radical (unpaired) electrons. The summed E-state index contributed by atoms with van der Waals surface area (Å²) >= 11 is 3.09. The molecule has 114 valence electrons. The van der Waals surface area contributed by atoms with E-state index in [4.69, 9.17) is 4.74 Å². The third-order valence-corrected chi connectivity index (χ3v) is 3.64. The highest BCUT2D eigenvalue weighted by molar-refractivity contribution is 9.10. The fraction of sp³-hybridized carbons (Fsp3) is 0.133. The van der Waals surface area contributed by atoms with Gasteiger partial charge in [0.25, 0.3) is 5.69 Å². The summed E-state index contributed by atoms with van der Waals surface area (Å²) in [5.41, 5.74) is 0.600. The molecular formula is C15H11BrFNO4. The average molecular weight is 368 g/mol. The lowest BCUT2D eigenvalue weighted by atomic mass is 10.1. The van der Waals surface area contributed by atoms with E-state index in [1.165, 1.54) is 24.3 Å². The number of nitro benzene ring substituents is 1. The second kappa shape index (κ2) is 6.65. The van der Waals surface area contributed by atoms with Crippen molar-refractivity contribution in [1.29, 1.82) is 0 Å². The topological polar surface area (TPSA) is 69.4 Å². The van der Waals surface area contributed by atoms with Crippen LogP contribution >= 0.6 is 15.9 Å². The molecule has 0 saturated carbocycles. The van der Waals surface area contributed by atoms with Gasteiger partial charge in [-0.15, -0.1) is 0 Å². The normalized spacial score (nSPS) is 11.8. The molecule has 0 heterocycles. The Morgan fingerprint density at radius 3 is 2.68 bits per heavy atom. The van der Waals surface area contributed by atoms with E-state index in [0.29, 0.717) is 5.56 Å². The Bertz CT molecular complexity index is 735. The Morgan fingerprint density at radius 2 is 2.05 bits per heavy atom. The molecule has 5 nitrogen and oxygen atoms in total. The van der Waals surface area contributed by atoms with Crippen molar-refractivity contribution in [2.75, 3.05) is 0 Å². The van der Waals surface area contributed by atoms with Crippen LogP contribution in [0, 0.1) is 15.9 Å². The summed E-state index contributed by atoms with van der Waals surface area (Å²) in [7, 11) is 0. The number of carbonyl (C=O) groups is 1. The van der Waals surface area contributed by atoms with Gasteiger partial charge in [-0.1, -0.05) is 12.1 Å². The van der Waals surface area contributed by atoms with Crippen molar-refractivity contribution in [1.82, 2.24) is 0 Å². The molecule has 7 heteroatoms. The summed E-state index contributed by atoms with van der Waals surface area (Å²) in [5.74, 6) is -1.12. The lowest BCUT2D eigenvalue weighted by molar-refractivity contribution is -0.385. The van der Waals surface area contributed by atoms with Crippen LogP contribution in [-0.4, -0.2) is 10.9 Å². The first-order valence-corrected chi connectivity index (χ1v) is 7.08. The molecule has 0 bridgehead atoms. The van der Waals surface area contributed by atoms with E-state index in [1.807, 2.05) is 0 Å². The van der Waals surface area contributed by atoms with Crippen LogP contribution in [0.3, 0.4) is 0 Å². The predicted octanol–water partition coefficient (Wildman–Crippen LogP) is 4.41. The summed E-state index contributed by atoms with van der Waals surface area (Å²) in [4.78, 5) is 22.3. The van der Waals surface area contributed by atoms with Crippen molar-refractivity contribution in [3.05, 3.63) is 74.0 Å². The van der Waals surface area contributed by atoms with Crippen molar-refractivity contribution < 1.29 is 18.8 Å². The summed E-state index contributed by atoms with van der Waals surface area (Å²) in [6.07, 6.45) is -0.677. The highest BCUT2D eigenvalue weighted by Crippen LogP contribution is 2.25. The quantitative estimate of drug-likeness (QED) is 0.455. The molecule has 0 aliphatic rings. The van der Waals surface area contributed by atoms with Crippen LogP contribution in [0.15, 0.2) is 46.9 Å². The summed E-state index contributed by atoms with van der Waals surface area (Å²) in [5, 5.41) is 10.8. The minimum atomic E-state index is -0.677. The molecule has 0 fully saturated rings. The zero-order valence-corrected chi connectivity index (χ0v) is 13.0. The maximum atomic E-state index is 13.0. The number of hydrogen-bond donors (Lipinski definition) is 0. The third kappa shape index (κ3) is 3.67. The first kappa shape index (κ1) is 16.1. The first-order chi connectivity index (χ1) is 10.4. The highest BCUT2D eigenvalue weighted by atomic mass is 79.9. The monoisotopic (exact) mass is 367 g/mol. The van der Waals surface area contributed by atoms with Gasteiger partial charge < -0.3 is 4.74 Å². The molecule has 1 atom stereocenters. The fourth-order valence-electron chi connectivity index (χ4n) is 1.84. The average Bonchev–Trinajstić information content (AvgIpc) is 2.47. The first-order valence-electron chi connectivity index (χ1n) is 6.29. The molecule has 2 rings (SSSR count). The molecule has 2 aromatic carbocycles. The largest absolute Gasteiger partial charge is 0.454 e. The molecule has 0 amide bonds. The van der Waals surface area contributed by atoms with E-state index in [9.17, 15) is 19.3 Å². The molecule has 0 spiro atoms. The highest BCUT2D eigenvalue weighted by Gasteiger charge is 2.18. The van der Waals surface area contributed by atoms with E-state index < -0.39 is 22.8 Å². The lowest BCUT2D eigenvalue weighted by Crippen LogP contribution is -2.10. The van der Waals surface area contributed by atoms with Crippen molar-refractivity contribution in [2.45, 2.75) is 13.0 Å². The van der Waals surface area contributed by atoms with E-state index in [1.54, 1.807) is 13.0 Å². The van der Waals surface area contributed by atoms with Crippen LogP contribution in [0.25, 0.3) is 0 Å². The Balaban J connectivity index is 2.17. The lowest BCUT2D eigenvalue weighted by Gasteiger charge is -2.14. The molecule has 0 saturated heterocycles. The predicted molar refractivity (Wildman–Crippen MR) is 81.0 cm³/mol. The molecular weight excluding hydrogens is 357 g/mol. The Hall–Kier alpha value is -2.28. The molecule has 0 N–H and O–H groups in total. The SMILES string of the molecule is CC(OC(=O)c1ccc(F)cc1Br)c1cccc([N+](=O)[O-])c1. The van der Waals surface area contributed by atoms with Gasteiger partial charge in [-0.2, -0.15) is 0 Å².